The molecule has 0 saturated carbocycles. The molecule has 3 rings (SSSR count). The Labute approximate surface area is 260 Å². The van der Waals surface area contributed by atoms with E-state index >= 15 is 0 Å². The van der Waals surface area contributed by atoms with E-state index in [-0.39, 0.29) is 31.4 Å². The van der Waals surface area contributed by atoms with Crippen molar-refractivity contribution in [1.29, 1.82) is 0 Å². The predicted octanol–water partition coefficient (Wildman–Crippen LogP) is 6.12. The van der Waals surface area contributed by atoms with Crippen molar-refractivity contribution in [2.75, 3.05) is 13.2 Å². The van der Waals surface area contributed by atoms with Crippen LogP contribution >= 0.6 is 0 Å². The lowest BCUT2D eigenvalue weighted by molar-refractivity contribution is 0.0126. The SMILES string of the molecule is C=C(C)c1ncc(C(C)N(C[C@@H](C)n2nc3c(c2C(=O)OCC)CN(C(=O)OC(C)(C)C)[C@H](C)C3)C(=O)OC(C)(C)C)cn1. The van der Waals surface area contributed by atoms with Crippen molar-refractivity contribution in [2.24, 2.45) is 0 Å². The molecule has 0 N–H and O–H groups in total. The number of hydrogen-bond donors (Lipinski definition) is 0. The summed E-state index contributed by atoms with van der Waals surface area (Å²) >= 11 is 0. The number of rotatable bonds is 8. The third kappa shape index (κ3) is 8.35. The van der Waals surface area contributed by atoms with Gasteiger partial charge in [0.1, 0.15) is 11.2 Å². The number of nitrogens with zero attached hydrogens (tertiary/aromatic N) is 6. The molecule has 242 valence electrons. The molecule has 12 nitrogen and oxygen atoms in total. The number of ether oxygens (including phenoxy) is 3. The van der Waals surface area contributed by atoms with Gasteiger partial charge in [-0.25, -0.2) is 24.4 Å². The van der Waals surface area contributed by atoms with Crippen molar-refractivity contribution >= 4 is 23.7 Å². The van der Waals surface area contributed by atoms with Gasteiger partial charge in [0.25, 0.3) is 0 Å². The van der Waals surface area contributed by atoms with Gasteiger partial charge < -0.3 is 19.1 Å². The molecule has 0 radical (unpaired) electrons. The lowest BCUT2D eigenvalue weighted by Crippen LogP contribution is -2.45. The van der Waals surface area contributed by atoms with Crippen LogP contribution in [0.15, 0.2) is 19.0 Å². The molecule has 3 heterocycles. The van der Waals surface area contributed by atoms with E-state index in [1.54, 1.807) is 54.6 Å². The summed E-state index contributed by atoms with van der Waals surface area (Å²) in [7, 11) is 0. The molecule has 0 aliphatic carbocycles. The molecule has 0 saturated heterocycles. The van der Waals surface area contributed by atoms with Gasteiger partial charge in [-0.05, 0) is 81.7 Å². The zero-order valence-corrected chi connectivity index (χ0v) is 28.1. The van der Waals surface area contributed by atoms with Crippen molar-refractivity contribution in [2.45, 2.75) is 118 Å². The van der Waals surface area contributed by atoms with Crippen LogP contribution in [0.4, 0.5) is 9.59 Å². The normalized spacial score (nSPS) is 16.4. The number of hydrogen-bond acceptors (Lipinski definition) is 9. The second kappa shape index (κ2) is 13.4. The Bertz CT molecular complexity index is 1370. The summed E-state index contributed by atoms with van der Waals surface area (Å²) in [6, 6.07) is -1.15. The van der Waals surface area contributed by atoms with Crippen molar-refractivity contribution in [3.8, 4) is 0 Å². The fraction of sp³-hybridized carbons (Fsp3) is 0.625. The largest absolute Gasteiger partial charge is 0.461 e. The van der Waals surface area contributed by atoms with Crippen LogP contribution in [0.1, 0.15) is 121 Å². The molecule has 0 bridgehead atoms. The minimum Gasteiger partial charge on any atom is -0.461 e. The van der Waals surface area contributed by atoms with Gasteiger partial charge in [0.15, 0.2) is 11.5 Å². The molecule has 0 spiro atoms. The van der Waals surface area contributed by atoms with Crippen molar-refractivity contribution in [3.05, 3.63) is 47.3 Å². The minimum absolute atomic E-state index is 0.144. The molecule has 1 aliphatic rings. The molecule has 12 heteroatoms. The summed E-state index contributed by atoms with van der Waals surface area (Å²) in [5.41, 5.74) is 1.60. The zero-order valence-electron chi connectivity index (χ0n) is 28.1. The highest BCUT2D eigenvalue weighted by atomic mass is 16.6. The van der Waals surface area contributed by atoms with Crippen LogP contribution in [-0.2, 0) is 27.2 Å². The number of aromatic nitrogens is 4. The highest BCUT2D eigenvalue weighted by Gasteiger charge is 2.38. The van der Waals surface area contributed by atoms with Gasteiger partial charge in [-0.3, -0.25) is 9.58 Å². The maximum absolute atomic E-state index is 13.6. The van der Waals surface area contributed by atoms with E-state index in [4.69, 9.17) is 19.3 Å². The van der Waals surface area contributed by atoms with Gasteiger partial charge in [0, 0.05) is 42.5 Å². The van der Waals surface area contributed by atoms with Crippen LogP contribution in [0.25, 0.3) is 5.57 Å². The van der Waals surface area contributed by atoms with Gasteiger partial charge >= 0.3 is 18.2 Å². The first kappa shape index (κ1) is 34.5. The maximum atomic E-state index is 13.6. The number of carbonyl (C=O) groups excluding carboxylic acids is 3. The Kier molecular flexibility index (Phi) is 10.5. The zero-order chi connectivity index (χ0) is 33.1. The number of fused-ring (bicyclic) bond motifs is 1. The lowest BCUT2D eigenvalue weighted by atomic mass is 10.00. The van der Waals surface area contributed by atoms with Crippen LogP contribution < -0.4 is 0 Å². The summed E-state index contributed by atoms with van der Waals surface area (Å²) in [6.07, 6.45) is 2.79. The third-order valence-corrected chi connectivity index (χ3v) is 7.05. The molecule has 2 aromatic heterocycles. The molecule has 1 unspecified atom stereocenters. The third-order valence-electron chi connectivity index (χ3n) is 7.05. The summed E-state index contributed by atoms with van der Waals surface area (Å²) in [5.74, 6) is -0.0265. The first-order chi connectivity index (χ1) is 20.3. The van der Waals surface area contributed by atoms with Crippen LogP contribution in [0.5, 0.6) is 0 Å². The van der Waals surface area contributed by atoms with E-state index in [0.717, 1.165) is 5.57 Å². The van der Waals surface area contributed by atoms with Crippen molar-refractivity contribution < 1.29 is 28.6 Å². The lowest BCUT2D eigenvalue weighted by Gasteiger charge is -2.34. The highest BCUT2D eigenvalue weighted by Crippen LogP contribution is 2.31. The van der Waals surface area contributed by atoms with Gasteiger partial charge in [-0.15, -0.1) is 0 Å². The second-order valence-electron chi connectivity index (χ2n) is 13.4. The molecular formula is C32H48N6O6. The molecule has 3 atom stereocenters. The highest BCUT2D eigenvalue weighted by molar-refractivity contribution is 5.90. The van der Waals surface area contributed by atoms with Gasteiger partial charge in [0.05, 0.1) is 30.9 Å². The average Bonchev–Trinajstić information content (AvgIpc) is 3.27. The van der Waals surface area contributed by atoms with E-state index in [0.29, 0.717) is 29.1 Å². The van der Waals surface area contributed by atoms with Gasteiger partial charge in [-0.2, -0.15) is 5.10 Å². The minimum atomic E-state index is -0.735. The van der Waals surface area contributed by atoms with Gasteiger partial charge in [-0.1, -0.05) is 6.58 Å². The van der Waals surface area contributed by atoms with Crippen LogP contribution in [0.2, 0.25) is 0 Å². The number of carbonyl (C=O) groups is 3. The molecule has 0 aromatic carbocycles. The predicted molar refractivity (Wildman–Crippen MR) is 166 cm³/mol. The van der Waals surface area contributed by atoms with E-state index < -0.39 is 41.4 Å². The van der Waals surface area contributed by atoms with Crippen LogP contribution in [-0.4, -0.2) is 78.1 Å². The first-order valence-corrected chi connectivity index (χ1v) is 15.1. The summed E-state index contributed by atoms with van der Waals surface area (Å²) in [4.78, 5) is 52.0. The van der Waals surface area contributed by atoms with Crippen molar-refractivity contribution in [3.63, 3.8) is 0 Å². The smallest absolute Gasteiger partial charge is 0.410 e. The monoisotopic (exact) mass is 612 g/mol. The van der Waals surface area contributed by atoms with E-state index in [1.165, 1.54) is 0 Å². The van der Waals surface area contributed by atoms with E-state index in [2.05, 4.69) is 16.5 Å². The van der Waals surface area contributed by atoms with E-state index in [9.17, 15) is 14.4 Å². The Morgan fingerprint density at radius 1 is 1.07 bits per heavy atom. The molecule has 44 heavy (non-hydrogen) atoms. The fourth-order valence-electron chi connectivity index (χ4n) is 4.89. The quantitative estimate of drug-likeness (QED) is 0.256. The maximum Gasteiger partial charge on any atom is 0.410 e. The Hall–Kier alpha value is -3.96. The fourth-order valence-corrected chi connectivity index (χ4v) is 4.89. The summed E-state index contributed by atoms with van der Waals surface area (Å²) in [6.45, 7) is 24.4. The molecule has 2 amide bonds. The van der Waals surface area contributed by atoms with E-state index in [1.807, 2.05) is 48.5 Å². The second-order valence-corrected chi connectivity index (χ2v) is 13.4. The number of allylic oxidation sites excluding steroid dienone is 1. The topological polar surface area (TPSA) is 129 Å². The Balaban J connectivity index is 2.02. The van der Waals surface area contributed by atoms with Crippen LogP contribution in [0, 0.1) is 0 Å². The molecule has 2 aromatic rings. The first-order valence-electron chi connectivity index (χ1n) is 15.1. The molecule has 1 aliphatic heterocycles. The molecule has 0 fully saturated rings. The van der Waals surface area contributed by atoms with Crippen molar-refractivity contribution in [1.82, 2.24) is 29.5 Å². The van der Waals surface area contributed by atoms with Gasteiger partial charge in [0.2, 0.25) is 0 Å². The molecular weight excluding hydrogens is 564 g/mol. The average molecular weight is 613 g/mol. The standard InChI is InChI=1S/C32H48N6O6/c1-13-42-28(39)26-24-18-36(29(40)43-31(7,8)9)20(4)14-25(24)35-38(26)21(5)17-37(30(41)44-32(10,11)12)22(6)23-15-33-27(19(2)3)34-16-23/h15-16,20-22H,2,13-14,17-18H2,1,3-12H3/t20-,21-,22?/m1/s1. The summed E-state index contributed by atoms with van der Waals surface area (Å²) < 4.78 is 18.5. The number of esters is 1. The summed E-state index contributed by atoms with van der Waals surface area (Å²) in [5, 5.41) is 4.85. The number of amides is 2. The Morgan fingerprint density at radius 3 is 2.18 bits per heavy atom. The Morgan fingerprint density at radius 2 is 1.66 bits per heavy atom. The van der Waals surface area contributed by atoms with Crippen LogP contribution in [0.3, 0.4) is 0 Å².